The van der Waals surface area contributed by atoms with Crippen molar-refractivity contribution >= 4 is 45.0 Å². The number of nitrogens with zero attached hydrogens (tertiary/aromatic N) is 2. The Morgan fingerprint density at radius 3 is 2.07 bits per heavy atom. The first-order valence-electron chi connectivity index (χ1n) is 8.32. The second-order valence-electron chi connectivity index (χ2n) is 5.97. The van der Waals surface area contributed by atoms with Crippen molar-refractivity contribution in [3.63, 3.8) is 0 Å². The van der Waals surface area contributed by atoms with E-state index in [1.807, 2.05) is 0 Å². The number of halogens is 2. The molecule has 2 amide bonds. The molecule has 2 aromatic rings. The van der Waals surface area contributed by atoms with Crippen molar-refractivity contribution in [3.05, 3.63) is 46.2 Å². The third kappa shape index (κ3) is 4.88. The SMILES string of the molecule is O=C(NCCS(=O)(=O)N1CCN(C(=O)c2ccc(Cl)o2)CC1)c1ccc(Cl)o1. The topological polar surface area (TPSA) is 113 Å². The monoisotopic (exact) mass is 449 g/mol. The number of rotatable bonds is 6. The van der Waals surface area contributed by atoms with E-state index in [2.05, 4.69) is 5.32 Å². The molecule has 0 atom stereocenters. The molecule has 9 nitrogen and oxygen atoms in total. The van der Waals surface area contributed by atoms with E-state index in [-0.39, 0.29) is 66.3 Å². The maximum atomic E-state index is 12.4. The quantitative estimate of drug-likeness (QED) is 0.717. The summed E-state index contributed by atoms with van der Waals surface area (Å²) in [5.41, 5.74) is 0. The number of furan rings is 2. The van der Waals surface area contributed by atoms with Gasteiger partial charge in [-0.05, 0) is 47.5 Å². The van der Waals surface area contributed by atoms with Crippen LogP contribution in [0.3, 0.4) is 0 Å². The first kappa shape index (κ1) is 20.7. The predicted octanol–water partition coefficient (Wildman–Crippen LogP) is 1.70. The van der Waals surface area contributed by atoms with Gasteiger partial charge in [-0.2, -0.15) is 4.31 Å². The Hall–Kier alpha value is -2.01. The molecule has 0 spiro atoms. The van der Waals surface area contributed by atoms with Crippen LogP contribution < -0.4 is 5.32 Å². The molecule has 1 N–H and O–H groups in total. The van der Waals surface area contributed by atoms with Crippen LogP contribution in [-0.2, 0) is 10.0 Å². The molecule has 0 aliphatic carbocycles. The lowest BCUT2D eigenvalue weighted by molar-refractivity contribution is 0.0666. The Bertz CT molecular complexity index is 963. The number of sulfonamides is 1. The standard InChI is InChI=1S/C16H17Cl2N3O6S/c17-13-3-1-11(26-13)15(22)19-5-10-28(24,25)21-8-6-20(7-9-21)16(23)12-2-4-14(18)27-12/h1-4H,5-10H2,(H,19,22). The van der Waals surface area contributed by atoms with E-state index < -0.39 is 15.9 Å². The fourth-order valence-electron chi connectivity index (χ4n) is 2.70. The molecule has 1 aliphatic rings. The second-order valence-corrected chi connectivity index (χ2v) is 8.80. The highest BCUT2D eigenvalue weighted by Gasteiger charge is 2.30. The van der Waals surface area contributed by atoms with Crippen molar-refractivity contribution in [3.8, 4) is 0 Å². The Labute approximate surface area is 171 Å². The number of piperazine rings is 1. The van der Waals surface area contributed by atoms with Crippen LogP contribution in [0, 0.1) is 0 Å². The van der Waals surface area contributed by atoms with E-state index in [0.29, 0.717) is 0 Å². The van der Waals surface area contributed by atoms with Crippen LogP contribution in [0.2, 0.25) is 10.4 Å². The van der Waals surface area contributed by atoms with Gasteiger partial charge in [0.2, 0.25) is 10.0 Å². The third-order valence-electron chi connectivity index (χ3n) is 4.15. The van der Waals surface area contributed by atoms with Crippen LogP contribution in [-0.4, -0.2) is 67.9 Å². The first-order valence-corrected chi connectivity index (χ1v) is 10.7. The fraction of sp³-hybridized carbons (Fsp3) is 0.375. The van der Waals surface area contributed by atoms with Gasteiger partial charge in [0, 0.05) is 32.7 Å². The number of carbonyl (C=O) groups excluding carboxylic acids is 2. The van der Waals surface area contributed by atoms with E-state index >= 15 is 0 Å². The molecule has 2 aromatic heterocycles. The number of hydrogen-bond acceptors (Lipinski definition) is 6. The zero-order valence-electron chi connectivity index (χ0n) is 14.6. The van der Waals surface area contributed by atoms with Gasteiger partial charge in [-0.25, -0.2) is 8.42 Å². The fourth-order valence-corrected chi connectivity index (χ4v) is 4.33. The molecule has 1 aliphatic heterocycles. The van der Waals surface area contributed by atoms with Crippen molar-refractivity contribution in [1.29, 1.82) is 0 Å². The minimum atomic E-state index is -3.59. The van der Waals surface area contributed by atoms with Gasteiger partial charge in [0.25, 0.3) is 11.8 Å². The van der Waals surface area contributed by atoms with Crippen LogP contribution in [0.5, 0.6) is 0 Å². The van der Waals surface area contributed by atoms with Crippen molar-refractivity contribution < 1.29 is 26.8 Å². The number of carbonyl (C=O) groups is 2. The highest BCUT2D eigenvalue weighted by Crippen LogP contribution is 2.17. The molecule has 0 aromatic carbocycles. The lowest BCUT2D eigenvalue weighted by Crippen LogP contribution is -2.51. The summed E-state index contributed by atoms with van der Waals surface area (Å²) in [5, 5.41) is 2.66. The maximum absolute atomic E-state index is 12.4. The molecular formula is C16H17Cl2N3O6S. The average Bonchev–Trinajstić information content (AvgIpc) is 3.29. The molecule has 0 bridgehead atoms. The molecule has 0 radical (unpaired) electrons. The zero-order valence-corrected chi connectivity index (χ0v) is 16.9. The van der Waals surface area contributed by atoms with Crippen LogP contribution in [0.1, 0.15) is 21.1 Å². The molecule has 3 rings (SSSR count). The molecule has 0 saturated carbocycles. The van der Waals surface area contributed by atoms with Gasteiger partial charge in [-0.1, -0.05) is 0 Å². The minimum Gasteiger partial charge on any atom is -0.440 e. The lowest BCUT2D eigenvalue weighted by Gasteiger charge is -2.33. The van der Waals surface area contributed by atoms with Crippen LogP contribution in [0.4, 0.5) is 0 Å². The summed E-state index contributed by atoms with van der Waals surface area (Å²) >= 11 is 11.3. The van der Waals surface area contributed by atoms with Gasteiger partial charge < -0.3 is 19.1 Å². The molecule has 1 fully saturated rings. The van der Waals surface area contributed by atoms with Crippen molar-refractivity contribution in [2.75, 3.05) is 38.5 Å². The molecule has 12 heteroatoms. The molecular weight excluding hydrogens is 433 g/mol. The largest absolute Gasteiger partial charge is 0.440 e. The Morgan fingerprint density at radius 2 is 1.54 bits per heavy atom. The number of amides is 2. The zero-order chi connectivity index (χ0) is 20.3. The van der Waals surface area contributed by atoms with E-state index in [0.717, 1.165) is 0 Å². The van der Waals surface area contributed by atoms with Crippen molar-refractivity contribution in [2.24, 2.45) is 0 Å². The first-order chi connectivity index (χ1) is 13.3. The molecule has 3 heterocycles. The smallest absolute Gasteiger partial charge is 0.289 e. The Balaban J connectivity index is 1.47. The van der Waals surface area contributed by atoms with Crippen LogP contribution >= 0.6 is 23.2 Å². The van der Waals surface area contributed by atoms with E-state index in [1.54, 1.807) is 0 Å². The van der Waals surface area contributed by atoms with Gasteiger partial charge >= 0.3 is 0 Å². The molecule has 1 saturated heterocycles. The summed E-state index contributed by atoms with van der Waals surface area (Å²) in [4.78, 5) is 25.6. The summed E-state index contributed by atoms with van der Waals surface area (Å²) in [5.74, 6) is -1.04. The van der Waals surface area contributed by atoms with Gasteiger partial charge in [0.15, 0.2) is 22.0 Å². The highest BCUT2D eigenvalue weighted by molar-refractivity contribution is 7.89. The van der Waals surface area contributed by atoms with Crippen molar-refractivity contribution in [1.82, 2.24) is 14.5 Å². The number of nitrogens with one attached hydrogen (secondary N) is 1. The van der Waals surface area contributed by atoms with Gasteiger partial charge in [-0.3, -0.25) is 9.59 Å². The molecule has 28 heavy (non-hydrogen) atoms. The number of hydrogen-bond donors (Lipinski definition) is 1. The summed E-state index contributed by atoms with van der Waals surface area (Å²) in [7, 11) is -3.59. The maximum Gasteiger partial charge on any atom is 0.289 e. The van der Waals surface area contributed by atoms with E-state index in [1.165, 1.54) is 33.5 Å². The van der Waals surface area contributed by atoms with Gasteiger partial charge in [0.1, 0.15) is 0 Å². The summed E-state index contributed by atoms with van der Waals surface area (Å²) in [6.07, 6.45) is 0. The minimum absolute atomic E-state index is 0.00699. The third-order valence-corrected chi connectivity index (χ3v) is 6.42. The Kier molecular flexibility index (Phi) is 6.33. The van der Waals surface area contributed by atoms with Crippen LogP contribution in [0.25, 0.3) is 0 Å². The normalized spacial score (nSPS) is 15.6. The molecule has 152 valence electrons. The van der Waals surface area contributed by atoms with Crippen molar-refractivity contribution in [2.45, 2.75) is 0 Å². The van der Waals surface area contributed by atoms with E-state index in [4.69, 9.17) is 32.0 Å². The lowest BCUT2D eigenvalue weighted by atomic mass is 10.3. The van der Waals surface area contributed by atoms with Crippen LogP contribution in [0.15, 0.2) is 33.1 Å². The van der Waals surface area contributed by atoms with Gasteiger partial charge in [0.05, 0.1) is 5.75 Å². The average molecular weight is 450 g/mol. The Morgan fingerprint density at radius 1 is 0.964 bits per heavy atom. The summed E-state index contributed by atoms with van der Waals surface area (Å²) in [6.45, 7) is 0.694. The van der Waals surface area contributed by atoms with E-state index in [9.17, 15) is 18.0 Å². The highest BCUT2D eigenvalue weighted by atomic mass is 35.5. The summed E-state index contributed by atoms with van der Waals surface area (Å²) < 4.78 is 36.2. The van der Waals surface area contributed by atoms with Gasteiger partial charge in [-0.15, -0.1) is 0 Å². The predicted molar refractivity (Wildman–Crippen MR) is 101 cm³/mol. The second kappa shape index (κ2) is 8.56. The molecule has 0 unspecified atom stereocenters. The summed E-state index contributed by atoms with van der Waals surface area (Å²) in [6, 6.07) is 5.77.